The number of rotatable bonds is 5. The Morgan fingerprint density at radius 3 is 2.19 bits per heavy atom. The van der Waals surface area contributed by atoms with Crippen molar-refractivity contribution in [1.82, 2.24) is 0 Å². The predicted molar refractivity (Wildman–Crippen MR) is 95.1 cm³/mol. The molecule has 2 saturated heterocycles. The van der Waals surface area contributed by atoms with Crippen molar-refractivity contribution in [3.63, 3.8) is 0 Å². The van der Waals surface area contributed by atoms with E-state index in [2.05, 4.69) is 0 Å². The second kappa shape index (κ2) is 6.60. The fourth-order valence-corrected chi connectivity index (χ4v) is 3.93. The Kier molecular flexibility index (Phi) is 4.38. The van der Waals surface area contributed by atoms with Gasteiger partial charge < -0.3 is 34.3 Å². The minimum absolute atomic E-state index is 0.0474. The van der Waals surface area contributed by atoms with E-state index in [1.165, 1.54) is 14.2 Å². The van der Waals surface area contributed by atoms with Crippen molar-refractivity contribution < 1.29 is 34.3 Å². The zero-order valence-corrected chi connectivity index (χ0v) is 15.1. The fraction of sp³-hybridized carbons (Fsp3) is 0.400. The first-order valence-corrected chi connectivity index (χ1v) is 8.68. The van der Waals surface area contributed by atoms with Crippen LogP contribution in [0.25, 0.3) is 0 Å². The SMILES string of the molecule is COc1cc([C@H]2OC[C@@]3(O[C@H]3c3ccc(O)c(OC)c3)[C@@H]2CO)ccc1O. The third-order valence-corrected chi connectivity index (χ3v) is 5.44. The molecule has 2 heterocycles. The van der Waals surface area contributed by atoms with Gasteiger partial charge in [0.15, 0.2) is 23.0 Å². The van der Waals surface area contributed by atoms with Crippen LogP contribution in [0.5, 0.6) is 23.0 Å². The number of hydrogen-bond acceptors (Lipinski definition) is 7. The zero-order valence-electron chi connectivity index (χ0n) is 15.1. The second-order valence-electron chi connectivity index (χ2n) is 6.84. The summed E-state index contributed by atoms with van der Waals surface area (Å²) in [6.45, 7) is 0.222. The lowest BCUT2D eigenvalue weighted by molar-refractivity contribution is 0.0715. The van der Waals surface area contributed by atoms with E-state index in [9.17, 15) is 15.3 Å². The Labute approximate surface area is 156 Å². The summed E-state index contributed by atoms with van der Waals surface area (Å²) in [6, 6.07) is 10.1. The van der Waals surface area contributed by atoms with Gasteiger partial charge >= 0.3 is 0 Å². The Morgan fingerprint density at radius 1 is 1.00 bits per heavy atom. The molecule has 0 bridgehead atoms. The summed E-state index contributed by atoms with van der Waals surface area (Å²) < 4.78 is 22.4. The van der Waals surface area contributed by atoms with Gasteiger partial charge in [0.25, 0.3) is 0 Å². The standard InChI is InChI=1S/C20H22O7/c1-24-16-7-11(3-5-14(16)22)18-13(9-21)20(10-26-18)19(27-20)12-4-6-15(23)17(8-12)25-2/h3-8,13,18-19,21-23H,9-10H2,1-2H3/t13-,18-,19+,20-/m1/s1. The zero-order chi connectivity index (χ0) is 19.2. The topological polar surface area (TPSA) is 101 Å². The number of ether oxygens (including phenoxy) is 4. The number of hydrogen-bond donors (Lipinski definition) is 3. The molecule has 0 amide bonds. The molecule has 2 aliphatic heterocycles. The summed E-state index contributed by atoms with van der Waals surface area (Å²) in [5.41, 5.74) is 1.03. The van der Waals surface area contributed by atoms with Crippen molar-refractivity contribution >= 4 is 0 Å². The van der Waals surface area contributed by atoms with Crippen LogP contribution in [-0.2, 0) is 9.47 Å². The normalized spacial score (nSPS) is 29.1. The van der Waals surface area contributed by atoms with Crippen LogP contribution in [0.15, 0.2) is 36.4 Å². The third kappa shape index (κ3) is 2.79. The van der Waals surface area contributed by atoms with Crippen LogP contribution < -0.4 is 9.47 Å². The maximum Gasteiger partial charge on any atom is 0.160 e. The van der Waals surface area contributed by atoms with E-state index in [-0.39, 0.29) is 36.2 Å². The number of benzene rings is 2. The molecule has 0 unspecified atom stereocenters. The highest BCUT2D eigenvalue weighted by Crippen LogP contribution is 2.62. The molecule has 7 heteroatoms. The van der Waals surface area contributed by atoms with Crippen LogP contribution >= 0.6 is 0 Å². The lowest BCUT2D eigenvalue weighted by Crippen LogP contribution is -2.27. The van der Waals surface area contributed by atoms with E-state index in [0.29, 0.717) is 18.1 Å². The van der Waals surface area contributed by atoms with E-state index in [1.807, 2.05) is 0 Å². The van der Waals surface area contributed by atoms with Gasteiger partial charge in [-0.3, -0.25) is 0 Å². The second-order valence-corrected chi connectivity index (χ2v) is 6.84. The summed E-state index contributed by atoms with van der Waals surface area (Å²) in [5, 5.41) is 29.7. The highest BCUT2D eigenvalue weighted by atomic mass is 16.7. The van der Waals surface area contributed by atoms with Crippen molar-refractivity contribution in [3.8, 4) is 23.0 Å². The largest absolute Gasteiger partial charge is 0.504 e. The summed E-state index contributed by atoms with van der Waals surface area (Å²) in [7, 11) is 2.98. The minimum Gasteiger partial charge on any atom is -0.504 e. The Hall–Kier alpha value is -2.48. The van der Waals surface area contributed by atoms with Crippen molar-refractivity contribution in [2.24, 2.45) is 5.92 Å². The number of aliphatic hydroxyl groups is 1. The summed E-state index contributed by atoms with van der Waals surface area (Å²) in [4.78, 5) is 0. The quantitative estimate of drug-likeness (QED) is 0.691. The Morgan fingerprint density at radius 2 is 1.59 bits per heavy atom. The Bertz CT molecular complexity index is 852. The lowest BCUT2D eigenvalue weighted by atomic mass is 9.84. The Balaban J connectivity index is 1.61. The van der Waals surface area contributed by atoms with Gasteiger partial charge in [-0.05, 0) is 35.4 Å². The number of epoxide rings is 1. The molecule has 2 fully saturated rings. The maximum absolute atomic E-state index is 10.1. The monoisotopic (exact) mass is 374 g/mol. The first-order chi connectivity index (χ1) is 13.0. The van der Waals surface area contributed by atoms with Crippen molar-refractivity contribution in [2.45, 2.75) is 17.8 Å². The van der Waals surface area contributed by atoms with Gasteiger partial charge in [-0.2, -0.15) is 0 Å². The van der Waals surface area contributed by atoms with E-state index in [4.69, 9.17) is 18.9 Å². The molecular weight excluding hydrogens is 352 g/mol. The van der Waals surface area contributed by atoms with Crippen LogP contribution in [0.2, 0.25) is 0 Å². The van der Waals surface area contributed by atoms with Crippen LogP contribution in [-0.4, -0.2) is 48.4 Å². The number of phenolic OH excluding ortho intramolecular Hbond substituents is 2. The molecule has 2 aliphatic rings. The summed E-state index contributed by atoms with van der Waals surface area (Å²) >= 11 is 0. The molecule has 27 heavy (non-hydrogen) atoms. The average molecular weight is 374 g/mol. The lowest BCUT2D eigenvalue weighted by Gasteiger charge is -2.20. The smallest absolute Gasteiger partial charge is 0.160 e. The molecule has 0 aromatic heterocycles. The molecule has 144 valence electrons. The first kappa shape index (κ1) is 17.9. The fourth-order valence-electron chi connectivity index (χ4n) is 3.93. The molecule has 7 nitrogen and oxygen atoms in total. The van der Waals surface area contributed by atoms with Crippen molar-refractivity contribution in [2.75, 3.05) is 27.4 Å². The summed E-state index contributed by atoms with van der Waals surface area (Å²) in [5.74, 6) is 0.553. The molecule has 0 radical (unpaired) electrons. The van der Waals surface area contributed by atoms with Gasteiger partial charge in [-0.25, -0.2) is 0 Å². The number of phenols is 2. The van der Waals surface area contributed by atoms with Gasteiger partial charge in [0.2, 0.25) is 0 Å². The van der Waals surface area contributed by atoms with Crippen molar-refractivity contribution in [1.29, 1.82) is 0 Å². The molecule has 0 saturated carbocycles. The predicted octanol–water partition coefficient (Wildman–Crippen LogP) is 2.31. The van der Waals surface area contributed by atoms with Gasteiger partial charge in [-0.15, -0.1) is 0 Å². The molecule has 2 aromatic rings. The van der Waals surface area contributed by atoms with Crippen LogP contribution in [0.3, 0.4) is 0 Å². The number of methoxy groups -OCH3 is 2. The maximum atomic E-state index is 10.1. The average Bonchev–Trinajstić information content (AvgIpc) is 3.28. The minimum atomic E-state index is -0.632. The van der Waals surface area contributed by atoms with E-state index >= 15 is 0 Å². The van der Waals surface area contributed by atoms with Crippen LogP contribution in [0.1, 0.15) is 23.3 Å². The first-order valence-electron chi connectivity index (χ1n) is 8.68. The van der Waals surface area contributed by atoms with Crippen molar-refractivity contribution in [3.05, 3.63) is 47.5 Å². The third-order valence-electron chi connectivity index (χ3n) is 5.44. The van der Waals surface area contributed by atoms with Crippen LogP contribution in [0, 0.1) is 5.92 Å². The molecule has 4 rings (SSSR count). The highest BCUT2D eigenvalue weighted by Gasteiger charge is 2.67. The van der Waals surface area contributed by atoms with Gasteiger partial charge in [0, 0.05) is 5.92 Å². The summed E-state index contributed by atoms with van der Waals surface area (Å²) in [6.07, 6.45) is -0.637. The molecule has 3 N–H and O–H groups in total. The molecule has 4 atom stereocenters. The highest BCUT2D eigenvalue weighted by molar-refractivity contribution is 5.46. The van der Waals surface area contributed by atoms with E-state index in [1.54, 1.807) is 36.4 Å². The number of aromatic hydroxyl groups is 2. The molecular formula is C20H22O7. The molecule has 1 spiro atoms. The van der Waals surface area contributed by atoms with E-state index in [0.717, 1.165) is 11.1 Å². The van der Waals surface area contributed by atoms with E-state index < -0.39 is 5.60 Å². The molecule has 2 aromatic carbocycles. The molecule has 0 aliphatic carbocycles. The number of aliphatic hydroxyl groups excluding tert-OH is 1. The van der Waals surface area contributed by atoms with Gasteiger partial charge in [-0.1, -0.05) is 12.1 Å². The van der Waals surface area contributed by atoms with Crippen LogP contribution in [0.4, 0.5) is 0 Å². The van der Waals surface area contributed by atoms with Gasteiger partial charge in [0.1, 0.15) is 11.7 Å². The van der Waals surface area contributed by atoms with Gasteiger partial charge in [0.05, 0.1) is 33.5 Å².